The summed E-state index contributed by atoms with van der Waals surface area (Å²) in [7, 11) is 0. The minimum atomic E-state index is -0.845. The van der Waals surface area contributed by atoms with E-state index in [1.165, 1.54) is 0 Å². The van der Waals surface area contributed by atoms with Crippen LogP contribution in [0.4, 0.5) is 0 Å². The molecule has 0 rings (SSSR count). The summed E-state index contributed by atoms with van der Waals surface area (Å²) in [6.45, 7) is 4.61. The molecule has 0 spiro atoms. The molecule has 0 bridgehead atoms. The van der Waals surface area contributed by atoms with Gasteiger partial charge in [0.05, 0.1) is 6.61 Å². The quantitative estimate of drug-likeness (QED) is 0.474. The fourth-order valence-electron chi connectivity index (χ4n) is 1.23. The fourth-order valence-corrected chi connectivity index (χ4v) is 1.23. The van der Waals surface area contributed by atoms with Crippen LogP contribution < -0.4 is 0 Å². The molecular weight excluding hydrogens is 192 g/mol. The summed E-state index contributed by atoms with van der Waals surface area (Å²) >= 11 is 0. The molecule has 0 aromatic heterocycles. The number of rotatable bonds is 9. The van der Waals surface area contributed by atoms with Gasteiger partial charge < -0.3 is 9.84 Å². The van der Waals surface area contributed by atoms with Crippen molar-refractivity contribution in [1.29, 1.82) is 0 Å². The summed E-state index contributed by atoms with van der Waals surface area (Å²) < 4.78 is 5.30. The number of ether oxygens (including phenoxy) is 1. The Morgan fingerprint density at radius 3 is 2.67 bits per heavy atom. The van der Waals surface area contributed by atoms with Crippen LogP contribution in [0.2, 0.25) is 0 Å². The Hall–Kier alpha value is -0.830. The van der Waals surface area contributed by atoms with E-state index in [9.17, 15) is 4.79 Å². The van der Waals surface area contributed by atoms with Crippen LogP contribution in [-0.2, 0) is 9.53 Å². The molecule has 0 saturated carbocycles. The molecule has 0 heterocycles. The first kappa shape index (κ1) is 14.2. The number of allylic oxidation sites excluding steroid dienone is 1. The van der Waals surface area contributed by atoms with E-state index in [1.807, 2.05) is 13.0 Å². The first-order valence-electron chi connectivity index (χ1n) is 5.71. The number of carboxylic acids is 1. The number of unbranched alkanes of at least 4 members (excludes halogenated alkanes) is 1. The third-order valence-electron chi connectivity index (χ3n) is 2.10. The van der Waals surface area contributed by atoms with Gasteiger partial charge in [-0.1, -0.05) is 38.8 Å². The van der Waals surface area contributed by atoms with Crippen LogP contribution >= 0.6 is 0 Å². The topological polar surface area (TPSA) is 46.5 Å². The average molecular weight is 214 g/mol. The van der Waals surface area contributed by atoms with Crippen molar-refractivity contribution >= 4 is 5.97 Å². The van der Waals surface area contributed by atoms with Gasteiger partial charge in [0.1, 0.15) is 0 Å². The lowest BCUT2D eigenvalue weighted by Gasteiger charge is -2.12. The lowest BCUT2D eigenvalue weighted by atomic mass is 10.1. The molecule has 0 aromatic carbocycles. The van der Waals surface area contributed by atoms with Crippen molar-refractivity contribution in [1.82, 2.24) is 0 Å². The van der Waals surface area contributed by atoms with Crippen molar-refractivity contribution in [2.75, 3.05) is 6.61 Å². The molecule has 3 nitrogen and oxygen atoms in total. The Kier molecular flexibility index (Phi) is 9.18. The van der Waals surface area contributed by atoms with Gasteiger partial charge in [0.25, 0.3) is 0 Å². The Balaban J connectivity index is 3.66. The van der Waals surface area contributed by atoms with E-state index in [2.05, 4.69) is 13.0 Å². The van der Waals surface area contributed by atoms with E-state index in [0.717, 1.165) is 25.7 Å². The molecule has 0 radical (unpaired) electrons. The van der Waals surface area contributed by atoms with E-state index < -0.39 is 12.1 Å². The lowest BCUT2D eigenvalue weighted by Crippen LogP contribution is -2.24. The Bertz CT molecular complexity index is 187. The van der Waals surface area contributed by atoms with E-state index in [4.69, 9.17) is 9.84 Å². The molecule has 88 valence electrons. The van der Waals surface area contributed by atoms with Gasteiger partial charge in [-0.3, -0.25) is 0 Å². The highest BCUT2D eigenvalue weighted by Crippen LogP contribution is 2.06. The Morgan fingerprint density at radius 1 is 1.40 bits per heavy atom. The number of hydrogen-bond acceptors (Lipinski definition) is 2. The van der Waals surface area contributed by atoms with E-state index in [-0.39, 0.29) is 0 Å². The van der Waals surface area contributed by atoms with Gasteiger partial charge in [0, 0.05) is 0 Å². The molecule has 0 saturated heterocycles. The lowest BCUT2D eigenvalue weighted by molar-refractivity contribution is -0.150. The smallest absolute Gasteiger partial charge is 0.332 e. The molecule has 15 heavy (non-hydrogen) atoms. The first-order valence-corrected chi connectivity index (χ1v) is 5.71. The van der Waals surface area contributed by atoms with Crippen molar-refractivity contribution in [3.8, 4) is 0 Å². The summed E-state index contributed by atoms with van der Waals surface area (Å²) in [4.78, 5) is 10.8. The monoisotopic (exact) mass is 214 g/mol. The number of carbonyl (C=O) groups is 1. The zero-order chi connectivity index (χ0) is 11.5. The largest absolute Gasteiger partial charge is 0.479 e. The summed E-state index contributed by atoms with van der Waals surface area (Å²) in [6, 6.07) is 0. The van der Waals surface area contributed by atoms with Crippen LogP contribution in [0.15, 0.2) is 12.2 Å². The van der Waals surface area contributed by atoms with Gasteiger partial charge in [0.2, 0.25) is 0 Å². The van der Waals surface area contributed by atoms with E-state index in [1.54, 1.807) is 0 Å². The molecule has 0 aromatic rings. The summed E-state index contributed by atoms with van der Waals surface area (Å²) in [5.74, 6) is -0.845. The van der Waals surface area contributed by atoms with E-state index in [0.29, 0.717) is 13.0 Å². The van der Waals surface area contributed by atoms with Crippen LogP contribution in [0.5, 0.6) is 0 Å². The van der Waals surface area contributed by atoms with Gasteiger partial charge >= 0.3 is 5.97 Å². The van der Waals surface area contributed by atoms with Crippen molar-refractivity contribution < 1.29 is 14.6 Å². The van der Waals surface area contributed by atoms with Crippen LogP contribution in [0.3, 0.4) is 0 Å². The normalized spacial score (nSPS) is 13.2. The zero-order valence-corrected chi connectivity index (χ0v) is 9.74. The standard InChI is InChI=1S/C12H22O3/c1-3-5-7-8-10-15-11(12(13)14)9-6-4-2/h5,7,11H,3-4,6,8-10H2,1-2H3,(H,13,14)/b7-5-. The summed E-state index contributed by atoms with van der Waals surface area (Å²) in [6.07, 6.45) is 7.79. The molecule has 0 aliphatic carbocycles. The molecule has 0 fully saturated rings. The molecule has 3 heteroatoms. The van der Waals surface area contributed by atoms with E-state index >= 15 is 0 Å². The minimum Gasteiger partial charge on any atom is -0.479 e. The second-order valence-electron chi connectivity index (χ2n) is 3.51. The molecular formula is C12H22O3. The predicted molar refractivity (Wildman–Crippen MR) is 60.9 cm³/mol. The van der Waals surface area contributed by atoms with Crippen LogP contribution in [-0.4, -0.2) is 23.8 Å². The van der Waals surface area contributed by atoms with Crippen LogP contribution in [0.1, 0.15) is 46.0 Å². The maximum absolute atomic E-state index is 10.8. The summed E-state index contributed by atoms with van der Waals surface area (Å²) in [5, 5.41) is 8.86. The maximum Gasteiger partial charge on any atom is 0.332 e. The van der Waals surface area contributed by atoms with Crippen molar-refractivity contribution in [3.05, 3.63) is 12.2 Å². The predicted octanol–water partition coefficient (Wildman–Crippen LogP) is 3.00. The Morgan fingerprint density at radius 2 is 2.13 bits per heavy atom. The van der Waals surface area contributed by atoms with Gasteiger partial charge in [-0.15, -0.1) is 0 Å². The Labute approximate surface area is 92.1 Å². The highest BCUT2D eigenvalue weighted by atomic mass is 16.5. The van der Waals surface area contributed by atoms with Crippen molar-refractivity contribution in [2.45, 2.75) is 52.1 Å². The minimum absolute atomic E-state index is 0.497. The van der Waals surface area contributed by atoms with Crippen molar-refractivity contribution in [3.63, 3.8) is 0 Å². The highest BCUT2D eigenvalue weighted by molar-refractivity contribution is 5.72. The fraction of sp³-hybridized carbons (Fsp3) is 0.750. The second-order valence-corrected chi connectivity index (χ2v) is 3.51. The number of hydrogen-bond donors (Lipinski definition) is 1. The highest BCUT2D eigenvalue weighted by Gasteiger charge is 2.16. The van der Waals surface area contributed by atoms with Gasteiger partial charge in [-0.05, 0) is 19.3 Å². The second kappa shape index (κ2) is 9.71. The third kappa shape index (κ3) is 8.18. The van der Waals surface area contributed by atoms with Gasteiger partial charge in [-0.25, -0.2) is 4.79 Å². The van der Waals surface area contributed by atoms with Gasteiger partial charge in [-0.2, -0.15) is 0 Å². The van der Waals surface area contributed by atoms with Crippen molar-refractivity contribution in [2.24, 2.45) is 0 Å². The molecule has 0 aliphatic heterocycles. The molecule has 0 amide bonds. The molecule has 1 atom stereocenters. The number of aliphatic carboxylic acids is 1. The molecule has 1 N–H and O–H groups in total. The number of carboxylic acid groups (broad SMARTS) is 1. The maximum atomic E-state index is 10.8. The average Bonchev–Trinajstić information content (AvgIpc) is 2.21. The van der Waals surface area contributed by atoms with Crippen LogP contribution in [0, 0.1) is 0 Å². The molecule has 0 aliphatic rings. The molecule has 1 unspecified atom stereocenters. The first-order chi connectivity index (χ1) is 7.22. The summed E-state index contributed by atoms with van der Waals surface area (Å²) in [5.41, 5.74) is 0. The SMILES string of the molecule is CC/C=C\CCOC(CCCC)C(=O)O. The van der Waals surface area contributed by atoms with Crippen LogP contribution in [0.25, 0.3) is 0 Å². The zero-order valence-electron chi connectivity index (χ0n) is 9.74. The third-order valence-corrected chi connectivity index (χ3v) is 2.10. The van der Waals surface area contributed by atoms with Gasteiger partial charge in [0.15, 0.2) is 6.10 Å².